The van der Waals surface area contributed by atoms with Gasteiger partial charge >= 0.3 is 156 Å². The molecule has 1 amide bonds. The summed E-state index contributed by atoms with van der Waals surface area (Å²) in [5, 5.41) is 4.84. The van der Waals surface area contributed by atoms with Gasteiger partial charge in [0.15, 0.2) is 0 Å². The molecule has 5 unspecified atom stereocenters. The fourth-order valence-corrected chi connectivity index (χ4v) is 13.2. The molecule has 0 aliphatic heterocycles. The van der Waals surface area contributed by atoms with Gasteiger partial charge < -0.3 is 0 Å². The number of rotatable bonds is 6. The van der Waals surface area contributed by atoms with Crippen LogP contribution in [0.15, 0.2) is 128 Å². The number of hydrogen-bond donors (Lipinski definition) is 1. The van der Waals surface area contributed by atoms with Crippen LogP contribution in [0.1, 0.15) is 47.2 Å². The molecule has 2 fully saturated rings. The number of allylic oxidation sites excluding steroid dienone is 6. The monoisotopic (exact) mass is 609 g/mol. The average molecular weight is 610 g/mol. The topological polar surface area (TPSA) is 29.1 Å². The largest absolute Gasteiger partial charge is 0.0149 e. The second kappa shape index (κ2) is 14.5. The first-order chi connectivity index (χ1) is 19.9. The van der Waals surface area contributed by atoms with Gasteiger partial charge in [-0.05, 0) is 33.2 Å². The van der Waals surface area contributed by atoms with Crippen LogP contribution < -0.4 is 3.80 Å². The standard InChI is InChI=1S/C16H14.C13H17.C7H7NO.2CH3.H4Si.Ti/c1-13(15-9-5-3-6-10-15)14(2)16-11-7-4-8-12-16;1-3-7-12-10(5-1)9-11-6-2-4-8-13(11)12;8-7(9)6-4-2-1-3-5-6;;;;/h3-12H,1-2H2;1,3,5,7,9-13H,2,4,6,8H2;1-5H,(H2,8,9);2*1H3;1H4;/q;;;;;;+1/p-1. The van der Waals surface area contributed by atoms with E-state index >= 15 is 0 Å². The molecule has 1 N–H and O–H groups in total. The first-order valence-corrected chi connectivity index (χ1v) is 19.9. The number of fused-ring (bicyclic) bond motifs is 3. The summed E-state index contributed by atoms with van der Waals surface area (Å²) < 4.78 is 4.27. The maximum Gasteiger partial charge on any atom is -0.0149 e. The van der Waals surface area contributed by atoms with Crippen LogP contribution in [0.25, 0.3) is 11.1 Å². The smallest absolute Gasteiger partial charge is 0.0149 e. The van der Waals surface area contributed by atoms with E-state index in [0.29, 0.717) is 16.1 Å². The third-order valence-corrected chi connectivity index (χ3v) is 14.6. The molecule has 3 aliphatic rings. The Morgan fingerprint density at radius 2 is 1.10 bits per heavy atom. The molecule has 0 aromatic heterocycles. The molecule has 3 aromatic rings. The molecular weight excluding hydrogens is 562 g/mol. The third-order valence-electron chi connectivity index (χ3n) is 9.38. The Morgan fingerprint density at radius 3 is 1.60 bits per heavy atom. The average Bonchev–Trinajstić information content (AvgIpc) is 3.37. The number of benzene rings is 3. The second-order valence-electron chi connectivity index (χ2n) is 12.3. The van der Waals surface area contributed by atoms with Gasteiger partial charge in [-0.1, -0.05) is 73.8 Å². The van der Waals surface area contributed by atoms with Gasteiger partial charge in [0.25, 0.3) is 0 Å². The van der Waals surface area contributed by atoms with Gasteiger partial charge in [0.1, 0.15) is 0 Å². The molecule has 42 heavy (non-hydrogen) atoms. The minimum absolute atomic E-state index is 0. The molecule has 218 valence electrons. The third kappa shape index (κ3) is 7.14. The first kappa shape index (κ1) is 31.9. The maximum absolute atomic E-state index is 12.8. The van der Waals surface area contributed by atoms with Crippen molar-refractivity contribution < 1.29 is 21.6 Å². The Hall–Kier alpha value is -2.98. The van der Waals surface area contributed by atoms with Gasteiger partial charge in [-0.25, -0.2) is 0 Å². The molecule has 3 aromatic carbocycles. The molecule has 0 bridgehead atoms. The molecule has 0 spiro atoms. The Balaban J connectivity index is 0.000000207. The molecular formula is C38H47NOSiTi. The van der Waals surface area contributed by atoms with Crippen LogP contribution >= 0.6 is 0 Å². The van der Waals surface area contributed by atoms with Gasteiger partial charge in [0.05, 0.1) is 0 Å². The summed E-state index contributed by atoms with van der Waals surface area (Å²) in [6.45, 7) is 8.20. The van der Waals surface area contributed by atoms with Crippen LogP contribution in [-0.4, -0.2) is 16.9 Å². The minimum Gasteiger partial charge on any atom is -0.0149 e. The van der Waals surface area contributed by atoms with Gasteiger partial charge in [-0.2, -0.15) is 0 Å². The Morgan fingerprint density at radius 1 is 0.667 bits per heavy atom. The van der Waals surface area contributed by atoms with E-state index in [2.05, 4.69) is 76.0 Å². The molecule has 2 nitrogen and oxygen atoms in total. The van der Waals surface area contributed by atoms with E-state index in [1.807, 2.05) is 66.7 Å². The van der Waals surface area contributed by atoms with Crippen molar-refractivity contribution in [1.29, 1.82) is 0 Å². The molecule has 4 heteroatoms. The number of amides is 1. The molecule has 3 aliphatic carbocycles. The first-order valence-electron chi connectivity index (χ1n) is 15.1. The van der Waals surface area contributed by atoms with Crippen molar-refractivity contribution in [1.82, 2.24) is 3.80 Å². The molecule has 0 heterocycles. The number of carbonyl (C=O) groups excluding carboxylic acids is 1. The van der Waals surface area contributed by atoms with Crippen LogP contribution in [0.5, 0.6) is 0 Å². The van der Waals surface area contributed by atoms with E-state index in [1.54, 1.807) is 0 Å². The summed E-state index contributed by atoms with van der Waals surface area (Å²) in [5.74, 6) is 3.13. The van der Waals surface area contributed by atoms with Gasteiger partial charge in [-0.3, -0.25) is 0 Å². The van der Waals surface area contributed by atoms with Crippen LogP contribution in [0.2, 0.25) is 14.7 Å². The zero-order valence-corrected chi connectivity index (χ0v) is 26.1. The minimum atomic E-state index is -2.52. The van der Waals surface area contributed by atoms with E-state index < -0.39 is 16.8 Å². The number of carbonyl (C=O) groups is 1. The zero-order chi connectivity index (χ0) is 28.8. The van der Waals surface area contributed by atoms with E-state index in [1.165, 1.54) is 25.7 Å². The van der Waals surface area contributed by atoms with Gasteiger partial charge in [0.2, 0.25) is 0 Å². The predicted octanol–water partition coefficient (Wildman–Crippen LogP) is 8.51. The fourth-order valence-electron chi connectivity index (χ4n) is 7.51. The van der Waals surface area contributed by atoms with Gasteiger partial charge in [-0.15, -0.1) is 0 Å². The van der Waals surface area contributed by atoms with Gasteiger partial charge in [0, 0.05) is 0 Å². The molecule has 5 atom stereocenters. The molecule has 2 saturated carbocycles. The Bertz CT molecular complexity index is 1360. The SMILES string of the molecule is C=C(C(=C)c1ccccc1)c1ccccc1.[CH3][Ti]([CH3])([NH]C(=O)c1ccccc1)[CH]1C2C=CC=CC2C2CCCCC21.[SiH4]. The van der Waals surface area contributed by atoms with Crippen molar-refractivity contribution >= 4 is 28.0 Å². The van der Waals surface area contributed by atoms with Crippen molar-refractivity contribution in [3.8, 4) is 0 Å². The summed E-state index contributed by atoms with van der Waals surface area (Å²) >= 11 is -2.52. The Kier molecular flexibility index (Phi) is 11.0. The van der Waals surface area contributed by atoms with Crippen LogP contribution in [0, 0.1) is 23.7 Å². The second-order valence-corrected chi connectivity index (χ2v) is 19.1. The Labute approximate surface area is 261 Å². The van der Waals surface area contributed by atoms with Crippen molar-refractivity contribution in [2.45, 2.75) is 40.4 Å². The zero-order valence-electron chi connectivity index (χ0n) is 24.5. The van der Waals surface area contributed by atoms with Crippen molar-refractivity contribution in [3.63, 3.8) is 0 Å². The summed E-state index contributed by atoms with van der Waals surface area (Å²) in [4.78, 5) is 12.8. The molecule has 0 radical (unpaired) electrons. The fraction of sp³-hybridized carbons (Fsp3) is 0.289. The quantitative estimate of drug-likeness (QED) is 0.220. The molecule has 6 rings (SSSR count). The van der Waals surface area contributed by atoms with Crippen LogP contribution in [0.4, 0.5) is 0 Å². The molecule has 0 saturated heterocycles. The normalized spacial score (nSPS) is 23.7. The van der Waals surface area contributed by atoms with E-state index in [0.717, 1.165) is 39.7 Å². The number of hydrogen-bond acceptors (Lipinski definition) is 1. The van der Waals surface area contributed by atoms with Crippen LogP contribution in [-0.2, 0) is 16.8 Å². The van der Waals surface area contributed by atoms with E-state index in [-0.39, 0.29) is 16.9 Å². The van der Waals surface area contributed by atoms with E-state index in [4.69, 9.17) is 0 Å². The van der Waals surface area contributed by atoms with Crippen molar-refractivity contribution in [2.24, 2.45) is 23.7 Å². The summed E-state index contributed by atoms with van der Waals surface area (Å²) in [6.07, 6.45) is 14.9. The van der Waals surface area contributed by atoms with E-state index in [9.17, 15) is 4.79 Å². The summed E-state index contributed by atoms with van der Waals surface area (Å²) in [5.41, 5.74) is 5.00. The van der Waals surface area contributed by atoms with Crippen LogP contribution in [0.3, 0.4) is 0 Å². The maximum atomic E-state index is 12.8. The summed E-state index contributed by atoms with van der Waals surface area (Å²) in [6, 6.07) is 30.0. The van der Waals surface area contributed by atoms with Crippen molar-refractivity contribution in [3.05, 3.63) is 145 Å². The summed E-state index contributed by atoms with van der Waals surface area (Å²) in [7, 11) is 0. The predicted molar refractivity (Wildman–Crippen MR) is 182 cm³/mol. The number of nitrogens with one attached hydrogen (secondary N) is 1. The van der Waals surface area contributed by atoms with Crippen molar-refractivity contribution in [2.75, 3.05) is 0 Å².